The van der Waals surface area contributed by atoms with Crippen molar-refractivity contribution in [3.63, 3.8) is 0 Å². The number of hydrogen-bond donors (Lipinski definition) is 2. The van der Waals surface area contributed by atoms with Crippen LogP contribution in [0.4, 0.5) is 0 Å². The maximum absolute atomic E-state index is 3.38. The predicted molar refractivity (Wildman–Crippen MR) is 54.6 cm³/mol. The van der Waals surface area contributed by atoms with E-state index >= 15 is 0 Å². The van der Waals surface area contributed by atoms with Gasteiger partial charge in [0.25, 0.3) is 0 Å². The first-order valence-electron chi connectivity index (χ1n) is 4.87. The van der Waals surface area contributed by atoms with Gasteiger partial charge in [0.1, 0.15) is 0 Å². The summed E-state index contributed by atoms with van der Waals surface area (Å²) in [7, 11) is 2.00. The minimum Gasteiger partial charge on any atom is -0.319 e. The molecule has 13 heavy (non-hydrogen) atoms. The van der Waals surface area contributed by atoms with Crippen molar-refractivity contribution >= 4 is 0 Å². The second-order valence-electron chi connectivity index (χ2n) is 3.51. The Bertz CT molecular complexity index is 294. The van der Waals surface area contributed by atoms with Crippen molar-refractivity contribution in [2.24, 2.45) is 0 Å². The van der Waals surface area contributed by atoms with Crippen LogP contribution in [0.1, 0.15) is 16.7 Å². The molecule has 0 amide bonds. The molecule has 0 bridgehead atoms. The van der Waals surface area contributed by atoms with Gasteiger partial charge in [-0.15, -0.1) is 0 Å². The molecule has 0 spiro atoms. The number of likely N-dealkylation sites (N-methyl/N-ethyl adjacent to an activating group) is 1. The summed E-state index contributed by atoms with van der Waals surface area (Å²) in [6.45, 7) is 3.16. The van der Waals surface area contributed by atoms with Crippen LogP contribution >= 0.6 is 0 Å². The van der Waals surface area contributed by atoms with Crippen LogP contribution in [0.25, 0.3) is 0 Å². The Morgan fingerprint density at radius 2 is 2.31 bits per heavy atom. The van der Waals surface area contributed by atoms with Gasteiger partial charge in [0.05, 0.1) is 0 Å². The summed E-state index contributed by atoms with van der Waals surface area (Å²) < 4.78 is 0. The van der Waals surface area contributed by atoms with Gasteiger partial charge in [0, 0.05) is 13.1 Å². The summed E-state index contributed by atoms with van der Waals surface area (Å²) in [6.07, 6.45) is 1.14. The number of nitrogens with one attached hydrogen (secondary N) is 2. The fraction of sp³-hybridized carbons (Fsp3) is 0.455. The lowest BCUT2D eigenvalue weighted by atomic mass is 10.0. The van der Waals surface area contributed by atoms with Crippen LogP contribution in [0.5, 0.6) is 0 Å². The van der Waals surface area contributed by atoms with Gasteiger partial charge in [0.15, 0.2) is 0 Å². The van der Waals surface area contributed by atoms with Crippen LogP contribution in [0.3, 0.4) is 0 Å². The predicted octanol–water partition coefficient (Wildman–Crippen LogP) is 1.05. The van der Waals surface area contributed by atoms with E-state index in [0.717, 1.165) is 26.1 Å². The summed E-state index contributed by atoms with van der Waals surface area (Å²) in [6, 6.07) is 6.62. The summed E-state index contributed by atoms with van der Waals surface area (Å²) in [4.78, 5) is 0. The third-order valence-electron chi connectivity index (χ3n) is 2.63. The molecule has 0 saturated carbocycles. The molecule has 1 aliphatic heterocycles. The van der Waals surface area contributed by atoms with Crippen LogP contribution in [0, 0.1) is 0 Å². The minimum atomic E-state index is 1.04. The molecule has 0 unspecified atom stereocenters. The fourth-order valence-corrected chi connectivity index (χ4v) is 1.90. The molecule has 2 nitrogen and oxygen atoms in total. The van der Waals surface area contributed by atoms with Gasteiger partial charge in [0.2, 0.25) is 0 Å². The van der Waals surface area contributed by atoms with E-state index in [-0.39, 0.29) is 0 Å². The highest BCUT2D eigenvalue weighted by Gasteiger charge is 2.12. The molecule has 0 radical (unpaired) electrons. The molecule has 0 atom stereocenters. The van der Waals surface area contributed by atoms with Crippen molar-refractivity contribution in [1.29, 1.82) is 0 Å². The number of benzene rings is 1. The Morgan fingerprint density at radius 1 is 1.38 bits per heavy atom. The zero-order valence-corrected chi connectivity index (χ0v) is 8.06. The van der Waals surface area contributed by atoms with E-state index in [2.05, 4.69) is 28.8 Å². The van der Waals surface area contributed by atoms with Gasteiger partial charge < -0.3 is 10.6 Å². The maximum Gasteiger partial charge on any atom is 0.0214 e. The monoisotopic (exact) mass is 176 g/mol. The van der Waals surface area contributed by atoms with Crippen molar-refractivity contribution < 1.29 is 0 Å². The molecule has 0 aromatic heterocycles. The van der Waals surface area contributed by atoms with Crippen molar-refractivity contribution in [2.45, 2.75) is 19.5 Å². The van der Waals surface area contributed by atoms with E-state index in [1.807, 2.05) is 7.05 Å². The Hall–Kier alpha value is -0.860. The molecule has 2 heteroatoms. The fourth-order valence-electron chi connectivity index (χ4n) is 1.90. The highest BCUT2D eigenvalue weighted by atomic mass is 14.9. The van der Waals surface area contributed by atoms with E-state index in [1.165, 1.54) is 16.7 Å². The summed E-state index contributed by atoms with van der Waals surface area (Å²) >= 11 is 0. The van der Waals surface area contributed by atoms with E-state index in [1.54, 1.807) is 0 Å². The average Bonchev–Trinajstić information content (AvgIpc) is 2.62. The summed E-state index contributed by atoms with van der Waals surface area (Å²) in [5, 5.41) is 6.57. The lowest BCUT2D eigenvalue weighted by Crippen LogP contribution is -2.11. The molecule has 1 aliphatic rings. The molecule has 0 saturated heterocycles. The largest absolute Gasteiger partial charge is 0.319 e. The van der Waals surface area contributed by atoms with E-state index in [0.29, 0.717) is 0 Å². The van der Waals surface area contributed by atoms with Gasteiger partial charge in [-0.3, -0.25) is 0 Å². The summed E-state index contributed by atoms with van der Waals surface area (Å²) in [5.41, 5.74) is 4.50. The molecule has 1 heterocycles. The Labute approximate surface area is 79.4 Å². The van der Waals surface area contributed by atoms with Crippen molar-refractivity contribution in [3.05, 3.63) is 34.9 Å². The molecule has 0 fully saturated rings. The second kappa shape index (κ2) is 3.90. The van der Waals surface area contributed by atoms with Crippen LogP contribution in [-0.4, -0.2) is 13.6 Å². The second-order valence-corrected chi connectivity index (χ2v) is 3.51. The van der Waals surface area contributed by atoms with Gasteiger partial charge in [-0.05, 0) is 36.7 Å². The first-order valence-corrected chi connectivity index (χ1v) is 4.87. The van der Waals surface area contributed by atoms with E-state index in [4.69, 9.17) is 0 Å². The first kappa shape index (κ1) is 8.73. The third kappa shape index (κ3) is 1.74. The topological polar surface area (TPSA) is 24.1 Å². The molecule has 70 valence electrons. The molecule has 0 aliphatic carbocycles. The van der Waals surface area contributed by atoms with Crippen molar-refractivity contribution in [2.75, 3.05) is 13.6 Å². The zero-order valence-electron chi connectivity index (χ0n) is 8.06. The molecule has 2 N–H and O–H groups in total. The van der Waals surface area contributed by atoms with Crippen LogP contribution in [-0.2, 0) is 19.5 Å². The molecular formula is C11H16N2. The molecular weight excluding hydrogens is 160 g/mol. The van der Waals surface area contributed by atoms with E-state index < -0.39 is 0 Å². The Kier molecular flexibility index (Phi) is 2.62. The SMILES string of the molecule is CNCCc1cccc2c1CNC2. The van der Waals surface area contributed by atoms with Crippen LogP contribution in [0.2, 0.25) is 0 Å². The maximum atomic E-state index is 3.38. The standard InChI is InChI=1S/C11H16N2/c1-12-6-5-9-3-2-4-10-7-13-8-11(9)10/h2-4,12-13H,5-8H2,1H3. The van der Waals surface area contributed by atoms with Gasteiger partial charge in [-0.25, -0.2) is 0 Å². The Balaban J connectivity index is 2.20. The van der Waals surface area contributed by atoms with Crippen LogP contribution in [0.15, 0.2) is 18.2 Å². The number of hydrogen-bond acceptors (Lipinski definition) is 2. The van der Waals surface area contributed by atoms with Gasteiger partial charge in [-0.2, -0.15) is 0 Å². The zero-order chi connectivity index (χ0) is 9.10. The van der Waals surface area contributed by atoms with Crippen molar-refractivity contribution in [3.8, 4) is 0 Å². The lowest BCUT2D eigenvalue weighted by molar-refractivity contribution is 0.752. The number of rotatable bonds is 3. The van der Waals surface area contributed by atoms with Gasteiger partial charge in [-0.1, -0.05) is 18.2 Å². The number of fused-ring (bicyclic) bond motifs is 1. The smallest absolute Gasteiger partial charge is 0.0214 e. The first-order chi connectivity index (χ1) is 6.42. The van der Waals surface area contributed by atoms with E-state index in [9.17, 15) is 0 Å². The average molecular weight is 176 g/mol. The highest BCUT2D eigenvalue weighted by molar-refractivity contribution is 5.37. The van der Waals surface area contributed by atoms with Crippen molar-refractivity contribution in [1.82, 2.24) is 10.6 Å². The highest BCUT2D eigenvalue weighted by Crippen LogP contribution is 2.19. The van der Waals surface area contributed by atoms with Gasteiger partial charge >= 0.3 is 0 Å². The molecule has 2 rings (SSSR count). The van der Waals surface area contributed by atoms with Crippen LogP contribution < -0.4 is 10.6 Å². The normalized spacial score (nSPS) is 14.5. The summed E-state index contributed by atoms with van der Waals surface area (Å²) in [5.74, 6) is 0. The Morgan fingerprint density at radius 3 is 3.15 bits per heavy atom. The molecule has 1 aromatic carbocycles. The minimum absolute atomic E-state index is 1.04. The quantitative estimate of drug-likeness (QED) is 0.719. The molecule has 1 aromatic rings. The third-order valence-corrected chi connectivity index (χ3v) is 2.63. The lowest BCUT2D eigenvalue weighted by Gasteiger charge is -2.06.